The molecule has 38 heavy (non-hydrogen) atoms. The fourth-order valence-corrected chi connectivity index (χ4v) is 5.63. The molecule has 0 heterocycles. The van der Waals surface area contributed by atoms with Gasteiger partial charge in [-0.2, -0.15) is 0 Å². The zero-order chi connectivity index (χ0) is 27.6. The number of Topliss-reactive ketones (excluding diaryl/α,β-unsaturated/α-hetero) is 1. The van der Waals surface area contributed by atoms with Crippen molar-refractivity contribution in [3.05, 3.63) is 12.2 Å². The van der Waals surface area contributed by atoms with E-state index in [1.54, 1.807) is 6.92 Å². The third-order valence-corrected chi connectivity index (χ3v) is 8.29. The molecule has 0 aliphatic carbocycles. The van der Waals surface area contributed by atoms with Crippen molar-refractivity contribution < 1.29 is 4.79 Å². The van der Waals surface area contributed by atoms with Crippen LogP contribution in [-0.4, -0.2) is 5.78 Å². The second-order valence-electron chi connectivity index (χ2n) is 12.4. The van der Waals surface area contributed by atoms with E-state index in [0.717, 1.165) is 12.8 Å². The van der Waals surface area contributed by atoms with Gasteiger partial charge >= 0.3 is 0 Å². The highest BCUT2D eigenvalue weighted by Gasteiger charge is 1.97. The molecule has 0 amide bonds. The number of ketones is 1. The summed E-state index contributed by atoms with van der Waals surface area (Å²) in [6, 6.07) is 0. The minimum absolute atomic E-state index is 0.351. The monoisotopic (exact) mass is 533 g/mol. The Balaban J connectivity index is 3.06. The van der Waals surface area contributed by atoms with Crippen molar-refractivity contribution >= 4 is 5.78 Å². The number of unbranched alkanes of at least 4 members (excludes halogenated alkanes) is 29. The van der Waals surface area contributed by atoms with Crippen LogP contribution in [0.5, 0.6) is 0 Å². The summed E-state index contributed by atoms with van der Waals surface area (Å²) in [5.74, 6) is 0.351. The smallest absolute Gasteiger partial charge is 0.129 e. The molecule has 0 N–H and O–H groups in total. The maximum absolute atomic E-state index is 10.9. The Morgan fingerprint density at radius 3 is 0.868 bits per heavy atom. The average Bonchev–Trinajstić information content (AvgIpc) is 2.91. The van der Waals surface area contributed by atoms with Crippen molar-refractivity contribution in [1.82, 2.24) is 0 Å². The van der Waals surface area contributed by atoms with Crippen molar-refractivity contribution in [2.75, 3.05) is 0 Å². The van der Waals surface area contributed by atoms with Crippen molar-refractivity contribution in [3.8, 4) is 0 Å². The molecule has 1 nitrogen and oxygen atoms in total. The number of rotatable bonds is 33. The Morgan fingerprint density at radius 2 is 0.605 bits per heavy atom. The molecule has 0 saturated heterocycles. The number of carbonyl (C=O) groups is 1. The molecule has 0 saturated carbocycles. The first kappa shape index (κ1) is 37.4. The molecular formula is C37H72O. The van der Waals surface area contributed by atoms with E-state index in [0.29, 0.717) is 5.78 Å². The normalized spacial score (nSPS) is 11.6. The lowest BCUT2D eigenvalue weighted by molar-refractivity contribution is -0.117. The lowest BCUT2D eigenvalue weighted by atomic mass is 10.0. The molecule has 0 rings (SSSR count). The quantitative estimate of drug-likeness (QED) is 0.0606. The van der Waals surface area contributed by atoms with Gasteiger partial charge in [-0.05, 0) is 39.0 Å². The van der Waals surface area contributed by atoms with Crippen LogP contribution in [0.4, 0.5) is 0 Å². The van der Waals surface area contributed by atoms with Gasteiger partial charge in [0.2, 0.25) is 0 Å². The van der Waals surface area contributed by atoms with Gasteiger partial charge in [0.05, 0.1) is 0 Å². The second kappa shape index (κ2) is 34.4. The van der Waals surface area contributed by atoms with Gasteiger partial charge in [0, 0.05) is 6.42 Å². The molecule has 0 spiro atoms. The van der Waals surface area contributed by atoms with Crippen molar-refractivity contribution in [3.63, 3.8) is 0 Å². The van der Waals surface area contributed by atoms with Crippen LogP contribution in [0.3, 0.4) is 0 Å². The summed E-state index contributed by atoms with van der Waals surface area (Å²) in [7, 11) is 0. The average molecular weight is 533 g/mol. The van der Waals surface area contributed by atoms with Gasteiger partial charge in [0.25, 0.3) is 0 Å². The Hall–Kier alpha value is -0.590. The van der Waals surface area contributed by atoms with Crippen LogP contribution in [0.15, 0.2) is 12.2 Å². The minimum atomic E-state index is 0.351. The van der Waals surface area contributed by atoms with Crippen LogP contribution in [0, 0.1) is 0 Å². The SMILES string of the molecule is CCCCCCCC/C=C\CCCCCCCCCCCCCCCCCCCCCCCCCC(C)=O. The van der Waals surface area contributed by atoms with E-state index in [-0.39, 0.29) is 0 Å². The van der Waals surface area contributed by atoms with Gasteiger partial charge in [-0.15, -0.1) is 0 Å². The van der Waals surface area contributed by atoms with E-state index in [2.05, 4.69) is 19.1 Å². The Bertz CT molecular complexity index is 465. The minimum Gasteiger partial charge on any atom is -0.300 e. The van der Waals surface area contributed by atoms with Crippen LogP contribution in [0.25, 0.3) is 0 Å². The zero-order valence-electron chi connectivity index (χ0n) is 26.7. The number of allylic oxidation sites excluding steroid dienone is 2. The van der Waals surface area contributed by atoms with Gasteiger partial charge in [-0.3, -0.25) is 0 Å². The molecule has 0 aromatic carbocycles. The van der Waals surface area contributed by atoms with Crippen LogP contribution < -0.4 is 0 Å². The lowest BCUT2D eigenvalue weighted by Gasteiger charge is -2.04. The highest BCUT2D eigenvalue weighted by Crippen LogP contribution is 2.16. The van der Waals surface area contributed by atoms with E-state index < -0.39 is 0 Å². The summed E-state index contributed by atoms with van der Waals surface area (Å²) in [4.78, 5) is 10.9. The zero-order valence-corrected chi connectivity index (χ0v) is 26.7. The molecular weight excluding hydrogens is 460 g/mol. The van der Waals surface area contributed by atoms with Crippen LogP contribution in [0.2, 0.25) is 0 Å². The summed E-state index contributed by atoms with van der Waals surface area (Å²) in [5, 5.41) is 0. The van der Waals surface area contributed by atoms with Crippen molar-refractivity contribution in [2.24, 2.45) is 0 Å². The fourth-order valence-electron chi connectivity index (χ4n) is 5.63. The Labute approximate surface area is 241 Å². The van der Waals surface area contributed by atoms with Crippen molar-refractivity contribution in [2.45, 2.75) is 219 Å². The molecule has 0 aromatic heterocycles. The second-order valence-corrected chi connectivity index (χ2v) is 12.4. The number of hydrogen-bond donors (Lipinski definition) is 0. The third-order valence-electron chi connectivity index (χ3n) is 8.29. The molecule has 0 unspecified atom stereocenters. The van der Waals surface area contributed by atoms with Crippen molar-refractivity contribution in [1.29, 1.82) is 0 Å². The molecule has 0 aliphatic heterocycles. The third kappa shape index (κ3) is 35.4. The van der Waals surface area contributed by atoms with E-state index in [4.69, 9.17) is 0 Å². The van der Waals surface area contributed by atoms with Crippen LogP contribution >= 0.6 is 0 Å². The molecule has 0 aromatic rings. The topological polar surface area (TPSA) is 17.1 Å². The molecule has 0 atom stereocenters. The highest BCUT2D eigenvalue weighted by atomic mass is 16.1. The Morgan fingerprint density at radius 1 is 0.368 bits per heavy atom. The molecule has 0 bridgehead atoms. The maximum Gasteiger partial charge on any atom is 0.129 e. The van der Waals surface area contributed by atoms with E-state index in [1.807, 2.05) is 0 Å². The van der Waals surface area contributed by atoms with E-state index in [9.17, 15) is 4.79 Å². The van der Waals surface area contributed by atoms with Crippen LogP contribution in [0.1, 0.15) is 219 Å². The number of hydrogen-bond acceptors (Lipinski definition) is 1. The summed E-state index contributed by atoms with van der Waals surface area (Å²) in [6.07, 6.45) is 49.4. The predicted octanol–water partition coefficient (Wildman–Crippen LogP) is 13.6. The number of carbonyl (C=O) groups excluding carboxylic acids is 1. The van der Waals surface area contributed by atoms with E-state index >= 15 is 0 Å². The molecule has 1 heteroatoms. The Kier molecular flexibility index (Phi) is 33.9. The lowest BCUT2D eigenvalue weighted by Crippen LogP contribution is -1.89. The molecule has 0 radical (unpaired) electrons. The van der Waals surface area contributed by atoms with Gasteiger partial charge in [-0.25, -0.2) is 0 Å². The largest absolute Gasteiger partial charge is 0.300 e. The molecule has 0 aliphatic rings. The highest BCUT2D eigenvalue weighted by molar-refractivity contribution is 5.75. The van der Waals surface area contributed by atoms with Gasteiger partial charge in [0.1, 0.15) is 5.78 Å². The summed E-state index contributed by atoms with van der Waals surface area (Å²) in [6.45, 7) is 4.00. The van der Waals surface area contributed by atoms with Crippen LogP contribution in [-0.2, 0) is 4.79 Å². The first-order valence-corrected chi connectivity index (χ1v) is 17.9. The predicted molar refractivity (Wildman–Crippen MR) is 173 cm³/mol. The fraction of sp³-hybridized carbons (Fsp3) is 0.919. The summed E-state index contributed by atoms with van der Waals surface area (Å²) < 4.78 is 0. The first-order valence-electron chi connectivity index (χ1n) is 17.9. The standard InChI is InChI=1S/C37H72O/c1-3-4-5-6-7-8-9-10-11-12-13-14-15-16-17-18-19-20-21-22-23-24-25-26-27-28-29-30-31-32-33-34-35-36-37(2)38/h10-11H,3-9,12-36H2,1-2H3/b11-10-. The van der Waals surface area contributed by atoms with Gasteiger partial charge in [0.15, 0.2) is 0 Å². The molecule has 0 fully saturated rings. The summed E-state index contributed by atoms with van der Waals surface area (Å²) >= 11 is 0. The first-order chi connectivity index (χ1) is 18.8. The maximum atomic E-state index is 10.9. The van der Waals surface area contributed by atoms with Gasteiger partial charge < -0.3 is 4.79 Å². The molecule has 226 valence electrons. The van der Waals surface area contributed by atoms with E-state index in [1.165, 1.54) is 193 Å². The summed E-state index contributed by atoms with van der Waals surface area (Å²) in [5.41, 5.74) is 0. The van der Waals surface area contributed by atoms with Gasteiger partial charge in [-0.1, -0.05) is 186 Å².